The molecule has 0 saturated carbocycles. The molecule has 4 aromatic rings. The van der Waals surface area contributed by atoms with E-state index in [0.717, 1.165) is 54.6 Å². The maximum Gasteiger partial charge on any atom is 0.307 e. The Balaban J connectivity index is 0.000000738. The first-order valence-electron chi connectivity index (χ1n) is 17.8. The van der Waals surface area contributed by atoms with Gasteiger partial charge in [-0.25, -0.2) is 9.37 Å². The number of hydrogen-bond donors (Lipinski definition) is 3. The first-order chi connectivity index (χ1) is 23.8. The lowest BCUT2D eigenvalue weighted by Gasteiger charge is -2.41. The summed E-state index contributed by atoms with van der Waals surface area (Å²) in [5, 5.41) is 28.8. The number of benzene rings is 2. The van der Waals surface area contributed by atoms with Crippen molar-refractivity contribution in [3.8, 4) is 28.1 Å². The average Bonchev–Trinajstić information content (AvgIpc) is 3.50. The van der Waals surface area contributed by atoms with Gasteiger partial charge in [-0.2, -0.15) is 0 Å². The summed E-state index contributed by atoms with van der Waals surface area (Å²) in [6, 6.07) is 12.3. The molecular formula is C40H54FN3O6. The van der Waals surface area contributed by atoms with E-state index in [4.69, 9.17) is 19.6 Å². The number of fused-ring (bicyclic) bond motifs is 8. The number of imidazole rings is 1. The van der Waals surface area contributed by atoms with E-state index >= 15 is 0 Å². The van der Waals surface area contributed by atoms with Crippen molar-refractivity contribution in [1.29, 1.82) is 0 Å². The predicted molar refractivity (Wildman–Crippen MR) is 196 cm³/mol. The van der Waals surface area contributed by atoms with Crippen LogP contribution in [0.5, 0.6) is 5.75 Å². The molecule has 0 atom stereocenters. The quantitative estimate of drug-likeness (QED) is 0.198. The van der Waals surface area contributed by atoms with Gasteiger partial charge in [-0.3, -0.25) is 9.20 Å². The molecular weight excluding hydrogens is 637 g/mol. The fraction of sp³-hybridized carbons (Fsp3) is 0.500. The second kappa shape index (κ2) is 16.8. The number of nitrogens with zero attached hydrogens (tertiary/aromatic N) is 3. The summed E-state index contributed by atoms with van der Waals surface area (Å²) < 4.78 is 28.9. The van der Waals surface area contributed by atoms with Crippen LogP contribution in [0.1, 0.15) is 90.3 Å². The molecule has 10 heteroatoms. The summed E-state index contributed by atoms with van der Waals surface area (Å²) in [6.07, 6.45) is 6.11. The third-order valence-electron chi connectivity index (χ3n) is 8.89. The van der Waals surface area contributed by atoms with Gasteiger partial charge in [0.05, 0.1) is 36.5 Å². The number of aromatic nitrogens is 2. The van der Waals surface area contributed by atoms with E-state index in [-0.39, 0.29) is 24.4 Å². The highest BCUT2D eigenvalue weighted by molar-refractivity contribution is 5.79. The van der Waals surface area contributed by atoms with Crippen LogP contribution in [0, 0.1) is 12.7 Å². The van der Waals surface area contributed by atoms with Crippen molar-refractivity contribution in [3.63, 3.8) is 0 Å². The number of carbonyl (C=O) groups is 1. The first kappa shape index (κ1) is 38.8. The number of rotatable bonds is 3. The second-order valence-electron chi connectivity index (χ2n) is 14.0. The van der Waals surface area contributed by atoms with E-state index in [1.54, 1.807) is 26.8 Å². The average molecular weight is 692 g/mol. The van der Waals surface area contributed by atoms with E-state index in [1.807, 2.05) is 55.6 Å². The summed E-state index contributed by atoms with van der Waals surface area (Å²) in [4.78, 5) is 19.3. The topological polar surface area (TPSA) is 117 Å². The Hall–Kier alpha value is -3.99. The van der Waals surface area contributed by atoms with Crippen LogP contribution < -0.4 is 9.64 Å². The maximum absolute atomic E-state index is 14.4. The number of ether oxygens (including phenoxy) is 2. The van der Waals surface area contributed by atoms with Crippen LogP contribution >= 0.6 is 0 Å². The van der Waals surface area contributed by atoms with Crippen LogP contribution in [0.4, 0.5) is 10.2 Å². The summed E-state index contributed by atoms with van der Waals surface area (Å²) >= 11 is 0. The Morgan fingerprint density at radius 3 is 2.32 bits per heavy atom. The van der Waals surface area contributed by atoms with E-state index in [2.05, 4.69) is 11.8 Å². The maximum atomic E-state index is 14.4. The number of piperidine rings is 1. The highest BCUT2D eigenvalue weighted by Crippen LogP contribution is 2.38. The molecule has 50 heavy (non-hydrogen) atoms. The molecule has 0 radical (unpaired) electrons. The summed E-state index contributed by atoms with van der Waals surface area (Å²) in [5.41, 5.74) is 4.80. The molecule has 7 rings (SSSR count). The molecule has 0 unspecified atom stereocenters. The zero-order valence-corrected chi connectivity index (χ0v) is 30.7. The molecule has 1 saturated heterocycles. The fourth-order valence-corrected chi connectivity index (χ4v) is 6.37. The predicted octanol–water partition coefficient (Wildman–Crippen LogP) is 7.98. The molecule has 2 aromatic carbocycles. The van der Waals surface area contributed by atoms with Crippen LogP contribution in [0.3, 0.4) is 0 Å². The third-order valence-corrected chi connectivity index (χ3v) is 8.89. The van der Waals surface area contributed by atoms with Gasteiger partial charge in [-0.15, -0.1) is 0 Å². The lowest BCUT2D eigenvalue weighted by Crippen LogP contribution is -2.45. The van der Waals surface area contributed by atoms with Crippen LogP contribution in [0.25, 0.3) is 28.0 Å². The first-order valence-corrected chi connectivity index (χ1v) is 17.8. The van der Waals surface area contributed by atoms with Gasteiger partial charge in [0, 0.05) is 48.1 Å². The minimum absolute atomic E-state index is 0.167. The second-order valence-corrected chi connectivity index (χ2v) is 14.0. The van der Waals surface area contributed by atoms with Gasteiger partial charge in [0.2, 0.25) is 0 Å². The molecule has 3 N–H and O–H groups in total. The fourth-order valence-electron chi connectivity index (χ4n) is 6.37. The Bertz CT molecular complexity index is 1750. The molecule has 9 nitrogen and oxygen atoms in total. The number of hydrogen-bond acceptors (Lipinski definition) is 7. The third kappa shape index (κ3) is 9.62. The monoisotopic (exact) mass is 691 g/mol. The van der Waals surface area contributed by atoms with E-state index in [9.17, 15) is 19.4 Å². The Morgan fingerprint density at radius 1 is 1.00 bits per heavy atom. The number of pyridine rings is 1. The zero-order chi connectivity index (χ0) is 36.6. The van der Waals surface area contributed by atoms with Crippen molar-refractivity contribution in [1.82, 2.24) is 9.38 Å². The minimum atomic E-state index is -0.930. The van der Waals surface area contributed by atoms with Crippen LogP contribution in [0.2, 0.25) is 0 Å². The highest BCUT2D eigenvalue weighted by Gasteiger charge is 2.34. The molecule has 0 spiro atoms. The van der Waals surface area contributed by atoms with Gasteiger partial charge in [0.25, 0.3) is 0 Å². The van der Waals surface area contributed by atoms with Crippen molar-refractivity contribution in [3.05, 3.63) is 71.2 Å². The van der Waals surface area contributed by atoms with Crippen molar-refractivity contribution in [2.24, 2.45) is 0 Å². The number of aliphatic carboxylic acids is 1. The Labute approximate surface area is 295 Å². The molecule has 3 aliphatic rings. The Kier molecular flexibility index (Phi) is 13.0. The SMILES string of the molecule is CC.CC(C)(C)O.Cc1c(CC(=O)O)c2n3cc(nc3c1CO)-c1cccc(c1)-c1cc(F)ccc1OCCCCCOC1(C)CCN2CC1. The summed E-state index contributed by atoms with van der Waals surface area (Å²) in [5.74, 6) is 0.138. The molecule has 2 aromatic heterocycles. The largest absolute Gasteiger partial charge is 0.493 e. The lowest BCUT2D eigenvalue weighted by molar-refractivity contribution is -0.136. The molecule has 1 fully saturated rings. The number of anilines is 1. The number of carboxylic acids is 1. The number of halogens is 1. The van der Waals surface area contributed by atoms with Crippen LogP contribution in [0.15, 0.2) is 48.7 Å². The Morgan fingerprint density at radius 2 is 1.66 bits per heavy atom. The number of aliphatic hydroxyl groups is 2. The van der Waals surface area contributed by atoms with Gasteiger partial charge in [0.1, 0.15) is 23.0 Å². The number of aliphatic hydroxyl groups excluding tert-OH is 1. The normalized spacial score (nSPS) is 16.0. The van der Waals surface area contributed by atoms with E-state index in [1.165, 1.54) is 12.1 Å². The van der Waals surface area contributed by atoms with E-state index in [0.29, 0.717) is 60.1 Å². The lowest BCUT2D eigenvalue weighted by atomic mass is 9.92. The summed E-state index contributed by atoms with van der Waals surface area (Å²) in [6.45, 7) is 15.6. The molecule has 6 bridgehead atoms. The number of carboxylic acid groups (broad SMARTS) is 1. The summed E-state index contributed by atoms with van der Waals surface area (Å²) in [7, 11) is 0. The van der Waals surface area contributed by atoms with E-state index < -0.39 is 11.6 Å². The highest BCUT2D eigenvalue weighted by atomic mass is 19.1. The van der Waals surface area contributed by atoms with Gasteiger partial charge < -0.3 is 29.7 Å². The van der Waals surface area contributed by atoms with Gasteiger partial charge in [-0.05, 0) is 102 Å². The molecule has 0 amide bonds. The van der Waals surface area contributed by atoms with Crippen molar-refractivity contribution in [2.45, 2.75) is 105 Å². The van der Waals surface area contributed by atoms with Gasteiger partial charge >= 0.3 is 5.97 Å². The molecule has 272 valence electrons. The molecule has 0 aliphatic carbocycles. The zero-order valence-electron chi connectivity index (χ0n) is 30.7. The van der Waals surface area contributed by atoms with Crippen molar-refractivity contribution >= 4 is 17.4 Å². The van der Waals surface area contributed by atoms with Gasteiger partial charge in [-0.1, -0.05) is 32.0 Å². The van der Waals surface area contributed by atoms with Crippen LogP contribution in [-0.4, -0.2) is 68.2 Å². The van der Waals surface area contributed by atoms with Crippen molar-refractivity contribution < 1.29 is 34.0 Å². The molecule has 5 heterocycles. The minimum Gasteiger partial charge on any atom is -0.493 e. The van der Waals surface area contributed by atoms with Gasteiger partial charge in [0.15, 0.2) is 0 Å². The van der Waals surface area contributed by atoms with Crippen LogP contribution in [-0.2, 0) is 22.6 Å². The molecule has 3 aliphatic heterocycles. The van der Waals surface area contributed by atoms with Crippen molar-refractivity contribution in [2.75, 3.05) is 31.2 Å². The smallest absolute Gasteiger partial charge is 0.307 e. The standard InChI is InChI=1S/C34H38FN3O5.C4H10O.C2H6/c1-22-26(19-31(40)41)33-37-13-11-34(2,12-14-37)43-16-5-3-4-15-42-30-10-9-25(35)18-27(30)23-7-6-8-24(17-23)29-20-38(33)32(36-29)28(22)21-39;1-4(2,3)5;1-2/h6-10,17-18,20,39H,3-5,11-16,19,21H2,1-2H3,(H,40,41);5H,1-3H3;1-2H3.